The van der Waals surface area contributed by atoms with Crippen LogP contribution in [0.3, 0.4) is 0 Å². The lowest BCUT2D eigenvalue weighted by molar-refractivity contribution is -0.138. The Kier molecular flexibility index (Phi) is 6.95. The minimum Gasteiger partial charge on any atom is -0.461 e. The molecule has 0 aliphatic heterocycles. The second kappa shape index (κ2) is 8.71. The van der Waals surface area contributed by atoms with Gasteiger partial charge in [0.05, 0.1) is 18.7 Å². The van der Waals surface area contributed by atoms with E-state index in [1.54, 1.807) is 32.0 Å². The van der Waals surface area contributed by atoms with Gasteiger partial charge < -0.3 is 10.5 Å². The zero-order valence-electron chi connectivity index (χ0n) is 12.6. The van der Waals surface area contributed by atoms with Crippen molar-refractivity contribution in [2.24, 2.45) is 10.7 Å². The highest BCUT2D eigenvalue weighted by Crippen LogP contribution is 2.11. The predicted octanol–water partition coefficient (Wildman–Crippen LogP) is 2.15. The number of benzene rings is 1. The van der Waals surface area contributed by atoms with E-state index in [9.17, 15) is 14.0 Å². The highest BCUT2D eigenvalue weighted by molar-refractivity contribution is 6.19. The van der Waals surface area contributed by atoms with Crippen LogP contribution < -0.4 is 5.73 Å². The quantitative estimate of drug-likeness (QED) is 0.362. The molecule has 0 radical (unpaired) electrons. The summed E-state index contributed by atoms with van der Waals surface area (Å²) in [5.74, 6) is -1.15. The molecular formula is C16H19FN2O3. The molecule has 0 saturated carbocycles. The molecule has 0 spiro atoms. The van der Waals surface area contributed by atoms with Crippen LogP contribution in [0.1, 0.15) is 25.8 Å². The number of nitrogens with two attached hydrogens (primary N) is 1. The van der Waals surface area contributed by atoms with E-state index in [0.29, 0.717) is 24.0 Å². The number of allylic oxidation sites excluding steroid dienone is 1. The van der Waals surface area contributed by atoms with Crippen LogP contribution in [0, 0.1) is 5.82 Å². The van der Waals surface area contributed by atoms with Crippen LogP contribution in [0.2, 0.25) is 0 Å². The summed E-state index contributed by atoms with van der Waals surface area (Å²) < 4.78 is 18.3. The summed E-state index contributed by atoms with van der Waals surface area (Å²) in [7, 11) is 0. The van der Waals surface area contributed by atoms with E-state index in [0.717, 1.165) is 0 Å². The molecule has 1 aromatic rings. The van der Waals surface area contributed by atoms with E-state index in [1.807, 2.05) is 0 Å². The van der Waals surface area contributed by atoms with Crippen LogP contribution in [0.25, 0.3) is 0 Å². The molecule has 2 N–H and O–H groups in total. The Morgan fingerprint density at radius 1 is 1.36 bits per heavy atom. The van der Waals surface area contributed by atoms with E-state index >= 15 is 0 Å². The number of aliphatic imine (C=N–C) groups is 1. The smallest absolute Gasteiger partial charge is 0.354 e. The van der Waals surface area contributed by atoms with Crippen LogP contribution in [-0.2, 0) is 20.9 Å². The molecule has 0 fully saturated rings. The average molecular weight is 306 g/mol. The van der Waals surface area contributed by atoms with Gasteiger partial charge in [-0.15, -0.1) is 0 Å². The average Bonchev–Trinajstić information content (AvgIpc) is 2.52. The number of aldehydes is 1. The van der Waals surface area contributed by atoms with Crippen molar-refractivity contribution in [3.8, 4) is 0 Å². The monoisotopic (exact) mass is 306 g/mol. The van der Waals surface area contributed by atoms with E-state index in [2.05, 4.69) is 4.99 Å². The third kappa shape index (κ3) is 4.51. The number of esters is 1. The Hall–Kier alpha value is -2.50. The number of rotatable bonds is 7. The SMILES string of the molecule is CCOC(=O)/C(N)=C(\C=O)C(CC)=NCc1ccccc1F. The summed E-state index contributed by atoms with van der Waals surface area (Å²) in [6.45, 7) is 3.61. The molecule has 0 aromatic heterocycles. The molecule has 0 atom stereocenters. The topological polar surface area (TPSA) is 81.8 Å². The zero-order valence-corrected chi connectivity index (χ0v) is 12.6. The number of hydrogen-bond acceptors (Lipinski definition) is 5. The van der Waals surface area contributed by atoms with Crippen LogP contribution in [0.5, 0.6) is 0 Å². The first kappa shape index (κ1) is 17.6. The number of nitrogens with zero attached hydrogens (tertiary/aromatic N) is 1. The van der Waals surface area contributed by atoms with Crippen LogP contribution in [0.4, 0.5) is 4.39 Å². The molecule has 0 saturated heterocycles. The second-order valence-electron chi connectivity index (χ2n) is 4.37. The van der Waals surface area contributed by atoms with Crippen molar-refractivity contribution in [3.63, 3.8) is 0 Å². The normalized spacial score (nSPS) is 12.6. The first-order valence-corrected chi connectivity index (χ1v) is 6.94. The summed E-state index contributed by atoms with van der Waals surface area (Å²) in [4.78, 5) is 27.1. The standard InChI is InChI=1S/C16H19FN2O3/c1-3-14(12(10-20)15(18)16(21)22-4-2)19-9-11-7-5-6-8-13(11)17/h5-8,10H,3-4,9,18H2,1-2H3/b15-12-,19-14?. The number of hydrogen-bond donors (Lipinski definition) is 1. The first-order chi connectivity index (χ1) is 10.5. The molecule has 0 heterocycles. The molecule has 0 amide bonds. The molecule has 1 rings (SSSR count). The van der Waals surface area contributed by atoms with Crippen LogP contribution in [-0.4, -0.2) is 24.6 Å². The van der Waals surface area contributed by atoms with Crippen molar-refractivity contribution in [2.45, 2.75) is 26.8 Å². The summed E-state index contributed by atoms with van der Waals surface area (Å²) in [6, 6.07) is 6.22. The highest BCUT2D eigenvalue weighted by atomic mass is 19.1. The third-order valence-electron chi connectivity index (χ3n) is 2.95. The molecule has 118 valence electrons. The maximum absolute atomic E-state index is 13.6. The Bertz CT molecular complexity index is 609. The first-order valence-electron chi connectivity index (χ1n) is 6.94. The van der Waals surface area contributed by atoms with Gasteiger partial charge in [0.25, 0.3) is 0 Å². The number of ether oxygens (including phenoxy) is 1. The van der Waals surface area contributed by atoms with Gasteiger partial charge in [-0.3, -0.25) is 9.79 Å². The van der Waals surface area contributed by atoms with E-state index in [1.165, 1.54) is 6.07 Å². The lowest BCUT2D eigenvalue weighted by Crippen LogP contribution is -2.21. The highest BCUT2D eigenvalue weighted by Gasteiger charge is 2.16. The van der Waals surface area contributed by atoms with Crippen molar-refractivity contribution >= 4 is 18.0 Å². The van der Waals surface area contributed by atoms with Gasteiger partial charge in [0, 0.05) is 11.3 Å². The fraction of sp³-hybridized carbons (Fsp3) is 0.312. The number of halogens is 1. The number of carbonyl (C=O) groups is 2. The molecule has 1 aromatic carbocycles. The maximum atomic E-state index is 13.6. The van der Waals surface area contributed by atoms with Gasteiger partial charge in [-0.1, -0.05) is 25.1 Å². The van der Waals surface area contributed by atoms with E-state index in [-0.39, 0.29) is 30.2 Å². The van der Waals surface area contributed by atoms with Gasteiger partial charge in [-0.25, -0.2) is 9.18 Å². The molecule has 6 heteroatoms. The molecule has 0 aliphatic carbocycles. The molecular weight excluding hydrogens is 287 g/mol. The lowest BCUT2D eigenvalue weighted by Gasteiger charge is -2.08. The lowest BCUT2D eigenvalue weighted by atomic mass is 10.1. The minimum absolute atomic E-state index is 0.0164. The third-order valence-corrected chi connectivity index (χ3v) is 2.95. The molecule has 0 aliphatic rings. The summed E-state index contributed by atoms with van der Waals surface area (Å²) in [5, 5.41) is 0. The Morgan fingerprint density at radius 3 is 2.59 bits per heavy atom. The molecule has 0 bridgehead atoms. The fourth-order valence-electron chi connectivity index (χ4n) is 1.80. The van der Waals surface area contributed by atoms with E-state index in [4.69, 9.17) is 10.5 Å². The van der Waals surface area contributed by atoms with Crippen molar-refractivity contribution in [2.75, 3.05) is 6.61 Å². The molecule has 0 unspecified atom stereocenters. The second-order valence-corrected chi connectivity index (χ2v) is 4.37. The van der Waals surface area contributed by atoms with Crippen molar-refractivity contribution in [1.29, 1.82) is 0 Å². The van der Waals surface area contributed by atoms with Crippen molar-refractivity contribution in [1.82, 2.24) is 0 Å². The predicted molar refractivity (Wildman–Crippen MR) is 81.7 cm³/mol. The minimum atomic E-state index is -0.767. The summed E-state index contributed by atoms with van der Waals surface area (Å²) in [5.41, 5.74) is 6.08. The summed E-state index contributed by atoms with van der Waals surface area (Å²) in [6.07, 6.45) is 0.846. The fourth-order valence-corrected chi connectivity index (χ4v) is 1.80. The Labute approximate surface area is 128 Å². The van der Waals surface area contributed by atoms with Crippen LogP contribution >= 0.6 is 0 Å². The molecule has 22 heavy (non-hydrogen) atoms. The van der Waals surface area contributed by atoms with Crippen molar-refractivity contribution < 1.29 is 18.7 Å². The molecule has 5 nitrogen and oxygen atoms in total. The van der Waals surface area contributed by atoms with E-state index < -0.39 is 5.97 Å². The number of carbonyl (C=O) groups excluding carboxylic acids is 2. The van der Waals surface area contributed by atoms with Gasteiger partial charge in [0.15, 0.2) is 6.29 Å². The Morgan fingerprint density at radius 2 is 2.05 bits per heavy atom. The zero-order chi connectivity index (χ0) is 16.5. The van der Waals surface area contributed by atoms with Gasteiger partial charge in [-0.2, -0.15) is 0 Å². The van der Waals surface area contributed by atoms with Gasteiger partial charge in [0.2, 0.25) is 0 Å². The van der Waals surface area contributed by atoms with Gasteiger partial charge in [0.1, 0.15) is 11.5 Å². The van der Waals surface area contributed by atoms with Gasteiger partial charge >= 0.3 is 5.97 Å². The largest absolute Gasteiger partial charge is 0.461 e. The maximum Gasteiger partial charge on any atom is 0.354 e. The van der Waals surface area contributed by atoms with Crippen LogP contribution in [0.15, 0.2) is 40.5 Å². The van der Waals surface area contributed by atoms with Gasteiger partial charge in [-0.05, 0) is 19.4 Å². The Balaban J connectivity index is 3.09. The van der Waals surface area contributed by atoms with Crippen molar-refractivity contribution in [3.05, 3.63) is 46.9 Å². The summed E-state index contributed by atoms with van der Waals surface area (Å²) >= 11 is 0.